The van der Waals surface area contributed by atoms with E-state index in [-0.39, 0.29) is 6.61 Å². The smallest absolute Gasteiger partial charge is 0.434 e. The van der Waals surface area contributed by atoms with Crippen LogP contribution in [0.4, 0.5) is 4.79 Å². The van der Waals surface area contributed by atoms with Crippen molar-refractivity contribution in [2.45, 2.75) is 27.2 Å². The minimum Gasteiger partial charge on any atom is -0.434 e. The van der Waals surface area contributed by atoms with Gasteiger partial charge in [-0.05, 0) is 37.5 Å². The van der Waals surface area contributed by atoms with E-state index in [2.05, 4.69) is 5.16 Å². The lowest BCUT2D eigenvalue weighted by atomic mass is 9.96. The van der Waals surface area contributed by atoms with E-state index in [0.717, 1.165) is 22.3 Å². The molecule has 0 atom stereocenters. The second-order valence-electron chi connectivity index (χ2n) is 5.37. The number of aryl methyl sites for hydroxylation is 1. The third-order valence-corrected chi connectivity index (χ3v) is 3.68. The Bertz CT molecular complexity index is 753. The maximum atomic E-state index is 11.7. The third kappa shape index (κ3) is 4.13. The number of hydrogen-bond acceptors (Lipinski definition) is 5. The van der Waals surface area contributed by atoms with Crippen LogP contribution in [0.1, 0.15) is 36.1 Å². The van der Waals surface area contributed by atoms with Crippen molar-refractivity contribution in [3.63, 3.8) is 0 Å². The highest BCUT2D eigenvalue weighted by Crippen LogP contribution is 2.27. The van der Waals surface area contributed by atoms with Gasteiger partial charge in [0.1, 0.15) is 5.75 Å². The zero-order chi connectivity index (χ0) is 17.5. The fraction of sp³-hybridized carbons (Fsp3) is 0.263. The molecule has 2 rings (SSSR count). The van der Waals surface area contributed by atoms with E-state index in [9.17, 15) is 4.79 Å². The number of rotatable bonds is 5. The van der Waals surface area contributed by atoms with Crippen LogP contribution in [0, 0.1) is 6.92 Å². The summed E-state index contributed by atoms with van der Waals surface area (Å²) >= 11 is 0. The topological polar surface area (TPSA) is 68.1 Å². The number of carbonyl (C=O) groups excluding carboxylic acids is 1. The molecule has 0 unspecified atom stereocenters. The zero-order valence-electron chi connectivity index (χ0n) is 14.1. The van der Waals surface area contributed by atoms with Crippen molar-refractivity contribution in [1.82, 2.24) is 0 Å². The maximum Gasteiger partial charge on any atom is 0.513 e. The Morgan fingerprint density at radius 1 is 1.12 bits per heavy atom. The van der Waals surface area contributed by atoms with Crippen LogP contribution < -0.4 is 4.74 Å². The predicted octanol–water partition coefficient (Wildman–Crippen LogP) is 4.32. The third-order valence-electron chi connectivity index (χ3n) is 3.68. The Labute approximate surface area is 141 Å². The molecule has 5 heteroatoms. The van der Waals surface area contributed by atoms with Gasteiger partial charge in [-0.2, -0.15) is 0 Å². The molecular formula is C19H21NO4. The lowest BCUT2D eigenvalue weighted by Crippen LogP contribution is -2.12. The largest absolute Gasteiger partial charge is 0.513 e. The van der Waals surface area contributed by atoms with Crippen LogP contribution in [0.3, 0.4) is 0 Å². The normalized spacial score (nSPS) is 11.2. The van der Waals surface area contributed by atoms with Gasteiger partial charge in [0.15, 0.2) is 0 Å². The molecule has 0 aromatic heterocycles. The van der Waals surface area contributed by atoms with Crippen LogP contribution in [0.25, 0.3) is 0 Å². The first-order valence-electron chi connectivity index (χ1n) is 7.76. The van der Waals surface area contributed by atoms with Crippen molar-refractivity contribution < 1.29 is 19.5 Å². The molecule has 0 radical (unpaired) electrons. The van der Waals surface area contributed by atoms with E-state index in [4.69, 9.17) is 14.7 Å². The van der Waals surface area contributed by atoms with E-state index in [1.54, 1.807) is 13.8 Å². The van der Waals surface area contributed by atoms with Crippen molar-refractivity contribution >= 4 is 11.9 Å². The predicted molar refractivity (Wildman–Crippen MR) is 92.1 cm³/mol. The summed E-state index contributed by atoms with van der Waals surface area (Å²) in [6, 6.07) is 13.4. The van der Waals surface area contributed by atoms with Crippen molar-refractivity contribution in [3.8, 4) is 5.75 Å². The number of hydrogen-bond donors (Lipinski definition) is 1. The van der Waals surface area contributed by atoms with E-state index in [1.165, 1.54) is 0 Å². The first kappa shape index (κ1) is 17.5. The van der Waals surface area contributed by atoms with Crippen LogP contribution >= 0.6 is 0 Å². The van der Waals surface area contributed by atoms with Gasteiger partial charge >= 0.3 is 6.16 Å². The Morgan fingerprint density at radius 2 is 1.83 bits per heavy atom. The first-order chi connectivity index (χ1) is 11.6. The van der Waals surface area contributed by atoms with E-state index >= 15 is 0 Å². The summed E-state index contributed by atoms with van der Waals surface area (Å²) < 4.78 is 10.2. The second kappa shape index (κ2) is 8.15. The van der Waals surface area contributed by atoms with Gasteiger partial charge in [-0.15, -0.1) is 0 Å². The lowest BCUT2D eigenvalue weighted by molar-refractivity contribution is 0.103. The van der Waals surface area contributed by atoms with Crippen molar-refractivity contribution in [2.75, 3.05) is 6.61 Å². The summed E-state index contributed by atoms with van der Waals surface area (Å²) in [5.41, 5.74) is 4.08. The second-order valence-corrected chi connectivity index (χ2v) is 5.37. The molecule has 0 aliphatic heterocycles. The fourth-order valence-corrected chi connectivity index (χ4v) is 2.52. The van der Waals surface area contributed by atoms with Crippen molar-refractivity contribution in [1.29, 1.82) is 0 Å². The molecule has 126 valence electrons. The highest BCUT2D eigenvalue weighted by molar-refractivity contribution is 5.99. The number of oxime groups is 1. The van der Waals surface area contributed by atoms with Crippen molar-refractivity contribution in [2.24, 2.45) is 5.16 Å². The summed E-state index contributed by atoms with van der Waals surface area (Å²) in [5, 5.41) is 12.3. The molecule has 0 aliphatic rings. The van der Waals surface area contributed by atoms with Gasteiger partial charge in [0.25, 0.3) is 0 Å². The van der Waals surface area contributed by atoms with Gasteiger partial charge in [-0.25, -0.2) is 4.79 Å². The van der Waals surface area contributed by atoms with Crippen molar-refractivity contribution in [3.05, 3.63) is 64.7 Å². The van der Waals surface area contributed by atoms with Crippen LogP contribution in [0.15, 0.2) is 47.6 Å². The maximum absolute atomic E-state index is 11.7. The molecule has 2 aromatic rings. The molecule has 0 saturated carbocycles. The minimum absolute atomic E-state index is 0.259. The minimum atomic E-state index is -0.713. The molecule has 0 aliphatic carbocycles. The van der Waals surface area contributed by atoms with Gasteiger partial charge < -0.3 is 14.7 Å². The Hall–Kier alpha value is -2.82. The Kier molecular flexibility index (Phi) is 5.95. The van der Waals surface area contributed by atoms with Gasteiger partial charge in [0.2, 0.25) is 0 Å². The van der Waals surface area contributed by atoms with Crippen LogP contribution in [0.2, 0.25) is 0 Å². The summed E-state index contributed by atoms with van der Waals surface area (Å²) in [4.78, 5) is 11.7. The van der Waals surface area contributed by atoms with Gasteiger partial charge in [0, 0.05) is 12.0 Å². The molecule has 0 saturated heterocycles. The highest BCUT2D eigenvalue weighted by Gasteiger charge is 2.15. The average molecular weight is 327 g/mol. The molecule has 1 N–H and O–H groups in total. The highest BCUT2D eigenvalue weighted by atomic mass is 16.7. The zero-order valence-corrected chi connectivity index (χ0v) is 14.1. The molecule has 2 aromatic carbocycles. The van der Waals surface area contributed by atoms with Crippen LogP contribution in [0.5, 0.6) is 5.75 Å². The molecule has 0 bridgehead atoms. The number of ether oxygens (including phenoxy) is 2. The molecule has 5 nitrogen and oxygen atoms in total. The Balaban J connectivity index is 2.38. The van der Waals surface area contributed by atoms with Gasteiger partial charge in [-0.3, -0.25) is 0 Å². The Morgan fingerprint density at radius 3 is 2.54 bits per heavy atom. The van der Waals surface area contributed by atoms with E-state index in [0.29, 0.717) is 17.9 Å². The summed E-state index contributed by atoms with van der Waals surface area (Å²) in [6.07, 6.45) is -0.172. The quantitative estimate of drug-likeness (QED) is 0.292. The van der Waals surface area contributed by atoms with Gasteiger partial charge in [-0.1, -0.05) is 47.6 Å². The van der Waals surface area contributed by atoms with Gasteiger partial charge in [0.05, 0.1) is 12.3 Å². The molecule has 0 heterocycles. The summed E-state index contributed by atoms with van der Waals surface area (Å²) in [7, 11) is 0. The van der Waals surface area contributed by atoms with Crippen LogP contribution in [-0.4, -0.2) is 23.7 Å². The monoisotopic (exact) mass is 327 g/mol. The molecular weight excluding hydrogens is 306 g/mol. The summed E-state index contributed by atoms with van der Waals surface area (Å²) in [5.74, 6) is 0.504. The van der Waals surface area contributed by atoms with Crippen LogP contribution in [-0.2, 0) is 11.2 Å². The van der Waals surface area contributed by atoms with E-state index in [1.807, 2.05) is 49.4 Å². The number of benzene rings is 2. The number of nitrogens with zero attached hydrogens (tertiary/aromatic N) is 1. The molecule has 0 spiro atoms. The number of carbonyl (C=O) groups is 1. The fourth-order valence-electron chi connectivity index (χ4n) is 2.52. The SMILES string of the molecule is CCOC(=O)Oc1c(C)cccc1Cc1ccccc1C(C)=NO. The molecule has 0 fully saturated rings. The average Bonchev–Trinajstić information content (AvgIpc) is 2.58. The number of para-hydroxylation sites is 1. The first-order valence-corrected chi connectivity index (χ1v) is 7.76. The standard InChI is InChI=1S/C19H21NO4/c1-4-23-19(21)24-18-13(2)8-7-10-16(18)12-15-9-5-6-11-17(15)14(3)20-22/h5-11,22H,4,12H2,1-3H3. The summed E-state index contributed by atoms with van der Waals surface area (Å²) in [6.45, 7) is 5.61. The van der Waals surface area contributed by atoms with E-state index < -0.39 is 6.16 Å². The molecule has 24 heavy (non-hydrogen) atoms. The lowest BCUT2D eigenvalue weighted by Gasteiger charge is -2.14. The molecule has 0 amide bonds.